The van der Waals surface area contributed by atoms with Crippen molar-refractivity contribution in [3.63, 3.8) is 0 Å². The highest BCUT2D eigenvalue weighted by atomic mass is 35.5. The van der Waals surface area contributed by atoms with Crippen LogP contribution in [0.1, 0.15) is 35.1 Å². The van der Waals surface area contributed by atoms with E-state index < -0.39 is 0 Å². The molecule has 2 fully saturated rings. The average molecular weight is 381 g/mol. The van der Waals surface area contributed by atoms with Gasteiger partial charge in [-0.15, -0.1) is 0 Å². The second kappa shape index (κ2) is 6.57. The Morgan fingerprint density at radius 3 is 2.59 bits per heavy atom. The van der Waals surface area contributed by atoms with E-state index in [1.165, 1.54) is 12.8 Å². The van der Waals surface area contributed by atoms with Gasteiger partial charge < -0.3 is 14.2 Å². The number of imidazole rings is 1. The number of amides is 1. The predicted molar refractivity (Wildman–Crippen MR) is 107 cm³/mol. The highest BCUT2D eigenvalue weighted by Gasteiger charge is 2.32. The maximum atomic E-state index is 13.2. The molecule has 138 valence electrons. The molecule has 3 heterocycles. The van der Waals surface area contributed by atoms with Crippen LogP contribution in [0, 0.1) is 0 Å². The van der Waals surface area contributed by atoms with Crippen molar-refractivity contribution in [3.8, 4) is 0 Å². The summed E-state index contributed by atoms with van der Waals surface area (Å²) in [5, 5.41) is 0.739. The number of hydrogen-bond donors (Lipinski definition) is 0. The number of rotatable bonds is 3. The van der Waals surface area contributed by atoms with Crippen molar-refractivity contribution < 1.29 is 4.79 Å². The molecular formula is C21H21ClN4O. The highest BCUT2D eigenvalue weighted by Crippen LogP contribution is 2.40. The number of piperazine rings is 1. The van der Waals surface area contributed by atoms with Crippen LogP contribution in [0.4, 0.5) is 5.69 Å². The molecular weight excluding hydrogens is 360 g/mol. The Bertz CT molecular complexity index is 1000. The fourth-order valence-corrected chi connectivity index (χ4v) is 4.02. The van der Waals surface area contributed by atoms with Gasteiger partial charge >= 0.3 is 0 Å². The lowest BCUT2D eigenvalue weighted by molar-refractivity contribution is 0.0743. The van der Waals surface area contributed by atoms with Crippen molar-refractivity contribution in [3.05, 3.63) is 65.2 Å². The lowest BCUT2D eigenvalue weighted by Gasteiger charge is -2.36. The van der Waals surface area contributed by atoms with Crippen LogP contribution in [-0.4, -0.2) is 46.4 Å². The molecule has 0 unspecified atom stereocenters. The van der Waals surface area contributed by atoms with Crippen LogP contribution < -0.4 is 4.90 Å². The number of halogens is 1. The van der Waals surface area contributed by atoms with Crippen LogP contribution in [0.2, 0.25) is 5.02 Å². The molecule has 27 heavy (non-hydrogen) atoms. The molecule has 0 spiro atoms. The summed E-state index contributed by atoms with van der Waals surface area (Å²) in [7, 11) is 0. The molecule has 0 bridgehead atoms. The molecule has 2 aliphatic rings. The Hall–Kier alpha value is -2.53. The van der Waals surface area contributed by atoms with E-state index in [9.17, 15) is 4.79 Å². The Balaban J connectivity index is 1.36. The van der Waals surface area contributed by atoms with E-state index >= 15 is 0 Å². The molecule has 0 N–H and O–H groups in total. The SMILES string of the molecule is O=C(c1nc(C2CC2)n2ccccc12)N1CCN(c2cccc(Cl)c2)CC1. The summed E-state index contributed by atoms with van der Waals surface area (Å²) in [6, 6.07) is 13.9. The zero-order valence-electron chi connectivity index (χ0n) is 15.0. The third-order valence-corrected chi connectivity index (χ3v) is 5.70. The minimum absolute atomic E-state index is 0.0383. The number of pyridine rings is 1. The Labute approximate surface area is 163 Å². The molecule has 0 atom stereocenters. The fraction of sp³-hybridized carbons (Fsp3) is 0.333. The molecule has 6 heteroatoms. The zero-order chi connectivity index (χ0) is 18.4. The van der Waals surface area contributed by atoms with E-state index in [-0.39, 0.29) is 5.91 Å². The lowest BCUT2D eigenvalue weighted by Crippen LogP contribution is -2.49. The van der Waals surface area contributed by atoms with Crippen LogP contribution in [0.3, 0.4) is 0 Å². The van der Waals surface area contributed by atoms with Crippen LogP contribution in [0.25, 0.3) is 5.52 Å². The Morgan fingerprint density at radius 1 is 1.04 bits per heavy atom. The van der Waals surface area contributed by atoms with Gasteiger partial charge in [0.25, 0.3) is 5.91 Å². The smallest absolute Gasteiger partial charge is 0.274 e. The van der Waals surface area contributed by atoms with E-state index in [1.54, 1.807) is 0 Å². The third kappa shape index (κ3) is 3.06. The maximum absolute atomic E-state index is 13.2. The monoisotopic (exact) mass is 380 g/mol. The van der Waals surface area contributed by atoms with Crippen molar-refractivity contribution in [2.75, 3.05) is 31.1 Å². The molecule has 1 saturated heterocycles. The second-order valence-corrected chi connectivity index (χ2v) is 7.74. The van der Waals surface area contributed by atoms with Gasteiger partial charge in [0, 0.05) is 49.0 Å². The number of fused-ring (bicyclic) bond motifs is 1. The van der Waals surface area contributed by atoms with Gasteiger partial charge in [0.2, 0.25) is 0 Å². The molecule has 1 aliphatic carbocycles. The summed E-state index contributed by atoms with van der Waals surface area (Å²) in [5.41, 5.74) is 2.62. The number of carbonyl (C=O) groups excluding carboxylic acids is 1. The first kappa shape index (κ1) is 16.6. The second-order valence-electron chi connectivity index (χ2n) is 7.31. The zero-order valence-corrected chi connectivity index (χ0v) is 15.8. The van der Waals surface area contributed by atoms with Gasteiger partial charge in [0.1, 0.15) is 5.82 Å². The van der Waals surface area contributed by atoms with Crippen LogP contribution in [-0.2, 0) is 0 Å². The molecule has 1 aliphatic heterocycles. The van der Waals surface area contributed by atoms with Gasteiger partial charge in [-0.2, -0.15) is 0 Å². The largest absolute Gasteiger partial charge is 0.368 e. The van der Waals surface area contributed by atoms with Gasteiger partial charge in [-0.3, -0.25) is 4.79 Å². The van der Waals surface area contributed by atoms with Gasteiger partial charge in [0.05, 0.1) is 5.52 Å². The lowest BCUT2D eigenvalue weighted by atomic mass is 10.2. The first-order chi connectivity index (χ1) is 13.2. The number of hydrogen-bond acceptors (Lipinski definition) is 3. The van der Waals surface area contributed by atoms with E-state index in [0.29, 0.717) is 24.7 Å². The quantitative estimate of drug-likeness (QED) is 0.693. The molecule has 2 aromatic heterocycles. The number of anilines is 1. The van der Waals surface area contributed by atoms with E-state index in [4.69, 9.17) is 16.6 Å². The van der Waals surface area contributed by atoms with Crippen molar-refractivity contribution in [1.29, 1.82) is 0 Å². The molecule has 5 rings (SSSR count). The predicted octanol–water partition coefficient (Wildman–Crippen LogP) is 3.83. The number of nitrogens with zero attached hydrogens (tertiary/aromatic N) is 4. The molecule has 0 radical (unpaired) electrons. The molecule has 5 nitrogen and oxygen atoms in total. The third-order valence-electron chi connectivity index (χ3n) is 5.46. The minimum atomic E-state index is 0.0383. The minimum Gasteiger partial charge on any atom is -0.368 e. The summed E-state index contributed by atoms with van der Waals surface area (Å²) in [6.45, 7) is 2.98. The van der Waals surface area contributed by atoms with E-state index in [2.05, 4.69) is 15.4 Å². The molecule has 1 amide bonds. The normalized spacial score (nSPS) is 17.5. The summed E-state index contributed by atoms with van der Waals surface area (Å²) in [6.07, 6.45) is 4.35. The molecule has 3 aromatic rings. The molecule has 1 aromatic carbocycles. The summed E-state index contributed by atoms with van der Waals surface area (Å²) in [5.74, 6) is 1.57. The summed E-state index contributed by atoms with van der Waals surface area (Å²) < 4.78 is 2.09. The van der Waals surface area contributed by atoms with Gasteiger partial charge in [-0.1, -0.05) is 23.7 Å². The van der Waals surface area contributed by atoms with Crippen molar-refractivity contribution in [1.82, 2.24) is 14.3 Å². The first-order valence-electron chi connectivity index (χ1n) is 9.47. The summed E-state index contributed by atoms with van der Waals surface area (Å²) in [4.78, 5) is 22.1. The first-order valence-corrected chi connectivity index (χ1v) is 9.85. The van der Waals surface area contributed by atoms with Crippen molar-refractivity contribution >= 4 is 28.7 Å². The van der Waals surface area contributed by atoms with Crippen molar-refractivity contribution in [2.45, 2.75) is 18.8 Å². The molecule has 1 saturated carbocycles. The standard InChI is InChI=1S/C21H21ClN4O/c22-16-4-3-5-17(14-16)24-10-12-25(13-11-24)21(27)19-18-6-1-2-9-26(18)20(23-19)15-7-8-15/h1-6,9,14-15H,7-8,10-13H2. The summed E-state index contributed by atoms with van der Waals surface area (Å²) >= 11 is 6.11. The Morgan fingerprint density at radius 2 is 1.85 bits per heavy atom. The van der Waals surface area contributed by atoms with Crippen LogP contribution >= 0.6 is 11.6 Å². The topological polar surface area (TPSA) is 40.9 Å². The highest BCUT2D eigenvalue weighted by molar-refractivity contribution is 6.30. The van der Waals surface area contributed by atoms with Crippen LogP contribution in [0.15, 0.2) is 48.7 Å². The van der Waals surface area contributed by atoms with Gasteiger partial charge in [0.15, 0.2) is 5.69 Å². The number of aromatic nitrogens is 2. The average Bonchev–Trinajstić information content (AvgIpc) is 3.48. The van der Waals surface area contributed by atoms with Crippen LogP contribution in [0.5, 0.6) is 0 Å². The maximum Gasteiger partial charge on any atom is 0.274 e. The van der Waals surface area contributed by atoms with Gasteiger partial charge in [-0.25, -0.2) is 4.98 Å². The van der Waals surface area contributed by atoms with Gasteiger partial charge in [-0.05, 0) is 43.2 Å². The Kier molecular flexibility index (Phi) is 4.05. The number of carbonyl (C=O) groups is 1. The van der Waals surface area contributed by atoms with E-state index in [0.717, 1.165) is 35.1 Å². The van der Waals surface area contributed by atoms with Crippen molar-refractivity contribution in [2.24, 2.45) is 0 Å². The number of benzene rings is 1. The fourth-order valence-electron chi connectivity index (χ4n) is 3.84. The van der Waals surface area contributed by atoms with E-state index in [1.807, 2.05) is 47.5 Å².